The van der Waals surface area contributed by atoms with Crippen molar-refractivity contribution < 1.29 is 31.0 Å². The second-order valence-electron chi connectivity index (χ2n) is 7.41. The number of carbonyl (C=O) groups is 2. The molecule has 2 unspecified atom stereocenters. The second kappa shape index (κ2) is 8.66. The van der Waals surface area contributed by atoms with E-state index in [4.69, 9.17) is 5.73 Å². The molecule has 2 atom stereocenters. The van der Waals surface area contributed by atoms with Crippen molar-refractivity contribution in [1.82, 2.24) is 4.90 Å². The zero-order chi connectivity index (χ0) is 19.0. The molecule has 2 heterocycles. The lowest BCUT2D eigenvalue weighted by Gasteiger charge is -2.21. The molecule has 1 aromatic rings. The van der Waals surface area contributed by atoms with Crippen LogP contribution in [0.5, 0.6) is 0 Å². The van der Waals surface area contributed by atoms with Gasteiger partial charge in [-0.05, 0) is 48.4 Å². The van der Waals surface area contributed by atoms with E-state index in [9.17, 15) is 14.0 Å². The molecule has 150 valence electrons. The number of halogens is 2. The molecule has 2 N–H and O–H groups in total. The zero-order valence-corrected chi connectivity index (χ0v) is 17.0. The van der Waals surface area contributed by atoms with Crippen molar-refractivity contribution in [3.05, 3.63) is 40.6 Å². The van der Waals surface area contributed by atoms with E-state index < -0.39 is 0 Å². The van der Waals surface area contributed by atoms with Crippen LogP contribution in [0.2, 0.25) is 0 Å². The van der Waals surface area contributed by atoms with Crippen LogP contribution >= 0.6 is 11.8 Å². The van der Waals surface area contributed by atoms with Crippen LogP contribution in [0.4, 0.5) is 9.18 Å². The summed E-state index contributed by atoms with van der Waals surface area (Å²) in [6.07, 6.45) is 6.49. The van der Waals surface area contributed by atoms with E-state index in [2.05, 4.69) is 4.58 Å². The smallest absolute Gasteiger partial charge is 0.293 e. The number of rotatable bonds is 4. The summed E-state index contributed by atoms with van der Waals surface area (Å²) in [7, 11) is 0. The second-order valence-corrected chi connectivity index (χ2v) is 8.40. The number of imide groups is 1. The van der Waals surface area contributed by atoms with Crippen LogP contribution in [-0.2, 0) is 4.79 Å². The van der Waals surface area contributed by atoms with Gasteiger partial charge in [-0.15, -0.1) is 0 Å². The number of fused-ring (bicyclic) bond motifs is 1. The van der Waals surface area contributed by atoms with E-state index in [0.717, 1.165) is 30.6 Å². The highest BCUT2D eigenvalue weighted by atomic mass is 35.5. The van der Waals surface area contributed by atoms with E-state index in [1.807, 2.05) is 0 Å². The summed E-state index contributed by atoms with van der Waals surface area (Å²) in [6, 6.07) is 5.85. The van der Waals surface area contributed by atoms with Gasteiger partial charge in [-0.3, -0.25) is 24.8 Å². The van der Waals surface area contributed by atoms with Crippen LogP contribution in [0.3, 0.4) is 0 Å². The lowest BCUT2D eigenvalue weighted by Crippen LogP contribution is -3.00. The molecule has 2 fully saturated rings. The third-order valence-corrected chi connectivity index (χ3v) is 6.65. The number of hydrogen-bond acceptors (Lipinski definition) is 4. The van der Waals surface area contributed by atoms with E-state index in [1.165, 1.54) is 36.3 Å². The summed E-state index contributed by atoms with van der Waals surface area (Å²) < 4.78 is 15.2. The molecule has 4 rings (SSSR count). The van der Waals surface area contributed by atoms with E-state index in [-0.39, 0.29) is 29.4 Å². The predicted molar refractivity (Wildman–Crippen MR) is 104 cm³/mol. The van der Waals surface area contributed by atoms with Crippen molar-refractivity contribution in [2.24, 2.45) is 17.6 Å². The third kappa shape index (κ3) is 4.10. The molecule has 5 nitrogen and oxygen atoms in total. The van der Waals surface area contributed by atoms with Crippen LogP contribution in [0.1, 0.15) is 31.2 Å². The normalized spacial score (nSPS) is 26.0. The zero-order valence-electron chi connectivity index (χ0n) is 15.4. The first-order valence-corrected chi connectivity index (χ1v) is 10.2. The van der Waals surface area contributed by atoms with Crippen molar-refractivity contribution in [3.8, 4) is 0 Å². The molecule has 8 heteroatoms. The maximum Gasteiger partial charge on any atom is 0.293 e. The van der Waals surface area contributed by atoms with Crippen molar-refractivity contribution in [3.63, 3.8) is 0 Å². The summed E-state index contributed by atoms with van der Waals surface area (Å²) in [4.78, 5) is 26.6. The molecule has 3 aliphatic rings. The Hall–Kier alpha value is -1.86. The Morgan fingerprint density at radius 3 is 2.64 bits per heavy atom. The summed E-state index contributed by atoms with van der Waals surface area (Å²) in [6.45, 7) is 1.85. The molecule has 1 saturated carbocycles. The van der Waals surface area contributed by atoms with Gasteiger partial charge in [0.2, 0.25) is 5.84 Å². The van der Waals surface area contributed by atoms with Crippen molar-refractivity contribution in [1.29, 1.82) is 0 Å². The Bertz CT molecular complexity index is 840. The summed E-state index contributed by atoms with van der Waals surface area (Å²) in [5.41, 5.74) is 7.03. The monoisotopic (exact) mass is 423 g/mol. The standard InChI is InChI=1S/C20H22FN3O2S.ClH/c21-15-7-5-13(6-8-15)11-17-19(25)24(20(26)27-17)10-9-23-12-14-3-1-2-4-16(14)18(23)22;/h5-8,11,14,16,22H,1-4,9-10,12H2;1H. The van der Waals surface area contributed by atoms with Gasteiger partial charge < -0.3 is 12.4 Å². The number of nitrogens with zero attached hydrogens (tertiary/aromatic N) is 2. The largest absolute Gasteiger partial charge is 1.00 e. The Morgan fingerprint density at radius 1 is 1.21 bits per heavy atom. The number of amidine groups is 1. The fraction of sp³-hybridized carbons (Fsp3) is 0.450. The summed E-state index contributed by atoms with van der Waals surface area (Å²) in [5.74, 6) is 1.39. The predicted octanol–water partition coefficient (Wildman–Crippen LogP) is 0.0557. The molecule has 1 saturated heterocycles. The fourth-order valence-electron chi connectivity index (χ4n) is 4.28. The van der Waals surface area contributed by atoms with Crippen LogP contribution in [-0.4, -0.2) is 46.1 Å². The summed E-state index contributed by atoms with van der Waals surface area (Å²) in [5, 5.41) is -0.261. The van der Waals surface area contributed by atoms with Gasteiger partial charge in [0.1, 0.15) is 12.4 Å². The van der Waals surface area contributed by atoms with E-state index in [1.54, 1.807) is 18.2 Å². The highest BCUT2D eigenvalue weighted by molar-refractivity contribution is 8.18. The first-order chi connectivity index (χ1) is 13.0. The maximum atomic E-state index is 13.0. The molecule has 0 bridgehead atoms. The first-order valence-electron chi connectivity index (χ1n) is 9.41. The number of hydrogen-bond donors (Lipinski definition) is 1. The van der Waals surface area contributed by atoms with Crippen molar-refractivity contribution in [2.45, 2.75) is 25.7 Å². The minimum atomic E-state index is -0.333. The Balaban J connectivity index is 0.00000225. The van der Waals surface area contributed by atoms with Gasteiger partial charge in [-0.1, -0.05) is 25.0 Å². The third-order valence-electron chi connectivity index (χ3n) is 5.74. The lowest BCUT2D eigenvalue weighted by atomic mass is 9.80. The van der Waals surface area contributed by atoms with Crippen molar-refractivity contribution in [2.75, 3.05) is 19.6 Å². The van der Waals surface area contributed by atoms with Crippen LogP contribution < -0.4 is 18.1 Å². The van der Waals surface area contributed by atoms with Gasteiger partial charge in [-0.25, -0.2) is 4.39 Å². The average molecular weight is 424 g/mol. The molecule has 0 spiro atoms. The van der Waals surface area contributed by atoms with E-state index >= 15 is 0 Å². The first kappa shape index (κ1) is 20.9. The Morgan fingerprint density at radius 2 is 1.93 bits per heavy atom. The summed E-state index contributed by atoms with van der Waals surface area (Å²) >= 11 is 0.932. The van der Waals surface area contributed by atoms with Crippen LogP contribution in [0, 0.1) is 17.7 Å². The topological polar surface area (TPSA) is 66.4 Å². The molecule has 1 aliphatic carbocycles. The highest BCUT2D eigenvalue weighted by Gasteiger charge is 2.41. The van der Waals surface area contributed by atoms with E-state index in [0.29, 0.717) is 35.4 Å². The number of thioether (sulfide) groups is 1. The number of benzene rings is 1. The van der Waals surface area contributed by atoms with Gasteiger partial charge in [-0.2, -0.15) is 0 Å². The number of carbonyl (C=O) groups excluding carboxylic acids is 2. The highest BCUT2D eigenvalue weighted by Crippen LogP contribution is 2.35. The minimum Gasteiger partial charge on any atom is -1.00 e. The fourth-order valence-corrected chi connectivity index (χ4v) is 5.15. The number of amides is 2. The quantitative estimate of drug-likeness (QED) is 0.549. The molecule has 2 amide bonds. The van der Waals surface area contributed by atoms with Gasteiger partial charge >= 0.3 is 0 Å². The average Bonchev–Trinajstić information content (AvgIpc) is 3.12. The Labute approximate surface area is 174 Å². The molecule has 28 heavy (non-hydrogen) atoms. The number of nitrogens with two attached hydrogens (primary N) is 1. The van der Waals surface area contributed by atoms with Crippen LogP contribution in [0.25, 0.3) is 6.08 Å². The molecular weight excluding hydrogens is 401 g/mol. The van der Waals surface area contributed by atoms with Gasteiger partial charge in [0.25, 0.3) is 11.1 Å². The maximum absolute atomic E-state index is 13.0. The molecule has 1 aromatic carbocycles. The molecular formula is C20H23ClFN3O2S. The van der Waals surface area contributed by atoms with Gasteiger partial charge in [0.15, 0.2) is 0 Å². The van der Waals surface area contributed by atoms with Gasteiger partial charge in [0, 0.05) is 5.92 Å². The van der Waals surface area contributed by atoms with Crippen LogP contribution in [0.15, 0.2) is 29.2 Å². The SMILES string of the molecule is NC1=[N+](CCN2C(=O)SC(=Cc3ccc(F)cc3)C2=O)CC2CCCCC12.[Cl-]. The minimum absolute atomic E-state index is 0. The molecule has 0 radical (unpaired) electrons. The molecule has 0 aromatic heterocycles. The molecule has 2 aliphatic heterocycles. The van der Waals surface area contributed by atoms with Gasteiger partial charge in [0.05, 0.1) is 23.9 Å². The lowest BCUT2D eigenvalue weighted by molar-refractivity contribution is -0.525. The Kier molecular flexibility index (Phi) is 6.45. The van der Waals surface area contributed by atoms with Crippen molar-refractivity contribution >= 4 is 34.8 Å².